The predicted molar refractivity (Wildman–Crippen MR) is 37.9 cm³/mol. The summed E-state index contributed by atoms with van der Waals surface area (Å²) in [5.41, 5.74) is 0. The molecule has 1 heterocycles. The van der Waals surface area contributed by atoms with Gasteiger partial charge in [0.25, 0.3) is 0 Å². The van der Waals surface area contributed by atoms with Crippen LogP contribution < -0.4 is 0 Å². The first-order chi connectivity index (χ1) is 3.60. The van der Waals surface area contributed by atoms with E-state index in [9.17, 15) is 0 Å². The normalized spacial score (nSPS) is 39.6. The topological polar surface area (TPSA) is 9.23 Å². The third kappa shape index (κ3) is 2.10. The molecule has 0 aromatic rings. The number of rotatable bonds is 0. The maximum absolute atomic E-state index is 5.71. The molecule has 1 nitrogen and oxygen atoms in total. The summed E-state index contributed by atoms with van der Waals surface area (Å²) in [6.07, 6.45) is 0. The zero-order valence-corrected chi connectivity index (χ0v) is 8.54. The standard InChI is InChI=1S/C3H5Cl3OTe/c4-3-1-7-8(5,6)2-3/h3H,1-2H2. The fraction of sp³-hybridized carbons (Fsp3) is 1.00. The minimum absolute atomic E-state index is 0.0613. The van der Waals surface area contributed by atoms with E-state index in [1.807, 2.05) is 0 Å². The van der Waals surface area contributed by atoms with Gasteiger partial charge in [-0.25, -0.2) is 0 Å². The summed E-state index contributed by atoms with van der Waals surface area (Å²) in [5, 5.41) is 0.0613. The van der Waals surface area contributed by atoms with E-state index in [4.69, 9.17) is 32.6 Å². The van der Waals surface area contributed by atoms with Gasteiger partial charge in [0, 0.05) is 0 Å². The third-order valence-corrected chi connectivity index (χ3v) is 8.17. The number of hydrogen-bond donors (Lipinski definition) is 0. The monoisotopic (exact) mass is 292 g/mol. The van der Waals surface area contributed by atoms with Crippen LogP contribution in [0.15, 0.2) is 0 Å². The molecule has 0 aromatic carbocycles. The van der Waals surface area contributed by atoms with Gasteiger partial charge < -0.3 is 0 Å². The molecule has 0 radical (unpaired) electrons. The summed E-state index contributed by atoms with van der Waals surface area (Å²) in [4.78, 5) is 0. The molecule has 1 atom stereocenters. The van der Waals surface area contributed by atoms with Crippen LogP contribution in [0.2, 0.25) is 4.47 Å². The van der Waals surface area contributed by atoms with Gasteiger partial charge in [0.05, 0.1) is 0 Å². The van der Waals surface area contributed by atoms with Crippen LogP contribution in [0.3, 0.4) is 0 Å². The average molecular weight is 291 g/mol. The molecule has 8 heavy (non-hydrogen) atoms. The van der Waals surface area contributed by atoms with Crippen LogP contribution >= 0.6 is 29.5 Å². The van der Waals surface area contributed by atoms with Crippen LogP contribution in [0, 0.1) is 0 Å². The van der Waals surface area contributed by atoms with Gasteiger partial charge >= 0.3 is 65.4 Å². The molecule has 0 spiro atoms. The zero-order chi connectivity index (χ0) is 6.20. The van der Waals surface area contributed by atoms with E-state index in [0.29, 0.717) is 11.1 Å². The predicted octanol–water partition coefficient (Wildman–Crippen LogP) is 2.04. The maximum atomic E-state index is 5.71. The van der Waals surface area contributed by atoms with Crippen LogP contribution in [0.25, 0.3) is 0 Å². The number of hydrogen-bond acceptors (Lipinski definition) is 1. The fourth-order valence-electron chi connectivity index (χ4n) is 0.480. The minimum atomic E-state index is -2.76. The van der Waals surface area contributed by atoms with Gasteiger partial charge in [-0.3, -0.25) is 0 Å². The van der Waals surface area contributed by atoms with Crippen LogP contribution in [0.5, 0.6) is 0 Å². The van der Waals surface area contributed by atoms with Crippen molar-refractivity contribution in [2.75, 3.05) is 6.61 Å². The first-order valence-corrected chi connectivity index (χ1v) is 11.0. The van der Waals surface area contributed by atoms with Crippen molar-refractivity contribution in [3.8, 4) is 0 Å². The molecule has 50 valence electrons. The Balaban J connectivity index is 2.44. The van der Waals surface area contributed by atoms with E-state index in [0.717, 1.165) is 0 Å². The summed E-state index contributed by atoms with van der Waals surface area (Å²) in [6, 6.07) is 0. The molecule has 0 amide bonds. The van der Waals surface area contributed by atoms with E-state index < -0.39 is 16.4 Å². The van der Waals surface area contributed by atoms with Crippen LogP contribution in [0.4, 0.5) is 0 Å². The van der Waals surface area contributed by atoms with Gasteiger partial charge in [-0.15, -0.1) is 0 Å². The third-order valence-electron chi connectivity index (χ3n) is 0.796. The molecule has 5 heteroatoms. The molecule has 1 rings (SSSR count). The Kier molecular flexibility index (Phi) is 2.60. The molecule has 0 N–H and O–H groups in total. The van der Waals surface area contributed by atoms with E-state index in [2.05, 4.69) is 0 Å². The summed E-state index contributed by atoms with van der Waals surface area (Å²) >= 11 is 2.89. The second kappa shape index (κ2) is 2.70. The Morgan fingerprint density at radius 3 is 2.25 bits per heavy atom. The summed E-state index contributed by atoms with van der Waals surface area (Å²) in [5.74, 6) is 0. The van der Waals surface area contributed by atoms with Crippen molar-refractivity contribution in [1.29, 1.82) is 0 Å². The molecular formula is C3H5Cl3OTe. The van der Waals surface area contributed by atoms with Crippen molar-refractivity contribution in [2.45, 2.75) is 9.85 Å². The van der Waals surface area contributed by atoms with Gasteiger partial charge in [-0.05, 0) is 0 Å². The zero-order valence-electron chi connectivity index (χ0n) is 3.94. The molecule has 0 saturated carbocycles. The van der Waals surface area contributed by atoms with E-state index in [1.165, 1.54) is 0 Å². The molecule has 1 saturated heterocycles. The van der Waals surface area contributed by atoms with Gasteiger partial charge in [-0.1, -0.05) is 0 Å². The van der Waals surface area contributed by atoms with E-state index >= 15 is 0 Å². The van der Waals surface area contributed by atoms with Crippen molar-refractivity contribution in [2.24, 2.45) is 0 Å². The quantitative estimate of drug-likeness (QED) is 0.490. The van der Waals surface area contributed by atoms with Crippen LogP contribution in [0.1, 0.15) is 0 Å². The molecule has 0 aliphatic carbocycles. The number of halogens is 3. The Bertz CT molecular complexity index is 96.5. The summed E-state index contributed by atoms with van der Waals surface area (Å²) < 4.78 is 5.74. The van der Waals surface area contributed by atoms with Gasteiger partial charge in [0.2, 0.25) is 0 Å². The molecule has 1 fully saturated rings. The Morgan fingerprint density at radius 1 is 1.50 bits per heavy atom. The summed E-state index contributed by atoms with van der Waals surface area (Å²) in [6.45, 7) is 0.537. The SMILES string of the molecule is ClC1CO[Te](Cl)(Cl)C1. The van der Waals surface area contributed by atoms with Gasteiger partial charge in [-0.2, -0.15) is 0 Å². The van der Waals surface area contributed by atoms with Crippen LogP contribution in [-0.4, -0.2) is 28.3 Å². The van der Waals surface area contributed by atoms with Crippen LogP contribution in [-0.2, 0) is 3.10 Å². The van der Waals surface area contributed by atoms with Gasteiger partial charge in [0.1, 0.15) is 0 Å². The molecule has 1 aliphatic rings. The fourth-order valence-corrected chi connectivity index (χ4v) is 8.35. The molecule has 1 unspecified atom stereocenters. The van der Waals surface area contributed by atoms with E-state index in [-0.39, 0.29) is 5.38 Å². The van der Waals surface area contributed by atoms with Crippen molar-refractivity contribution < 1.29 is 3.10 Å². The Hall–Kier alpha value is 1.62. The summed E-state index contributed by atoms with van der Waals surface area (Å²) in [7, 11) is 11.4. The first-order valence-electron chi connectivity index (χ1n) is 2.09. The van der Waals surface area contributed by atoms with E-state index in [1.54, 1.807) is 0 Å². The molecule has 0 bridgehead atoms. The van der Waals surface area contributed by atoms with Crippen molar-refractivity contribution in [3.63, 3.8) is 0 Å². The van der Waals surface area contributed by atoms with Crippen molar-refractivity contribution in [3.05, 3.63) is 0 Å². The Morgan fingerprint density at radius 2 is 2.12 bits per heavy atom. The Labute approximate surface area is 65.1 Å². The second-order valence-corrected chi connectivity index (χ2v) is 14.5. The van der Waals surface area contributed by atoms with Crippen molar-refractivity contribution in [1.82, 2.24) is 0 Å². The molecule has 1 aliphatic heterocycles. The molecule has 0 aromatic heterocycles. The molecular weight excluding hydrogens is 286 g/mol. The first kappa shape index (κ1) is 7.72. The number of alkyl halides is 1. The van der Waals surface area contributed by atoms with Gasteiger partial charge in [0.15, 0.2) is 0 Å². The van der Waals surface area contributed by atoms with Crippen molar-refractivity contribution >= 4 is 45.9 Å². The average Bonchev–Trinajstić information content (AvgIpc) is 1.82. The second-order valence-electron chi connectivity index (χ2n) is 1.57.